The highest BCUT2D eigenvalue weighted by atomic mass is 32.2. The summed E-state index contributed by atoms with van der Waals surface area (Å²) in [5.74, 6) is -0.380. The van der Waals surface area contributed by atoms with Crippen molar-refractivity contribution in [3.63, 3.8) is 0 Å². The molecular weight excluding hydrogens is 560 g/mol. The maximum atomic E-state index is 13.4. The summed E-state index contributed by atoms with van der Waals surface area (Å²) < 4.78 is 37.8. The minimum atomic E-state index is -4.18. The lowest BCUT2D eigenvalue weighted by atomic mass is 9.99. The van der Waals surface area contributed by atoms with Gasteiger partial charge < -0.3 is 20.1 Å². The summed E-state index contributed by atoms with van der Waals surface area (Å²) in [5.41, 5.74) is 12.1. The molecule has 0 saturated heterocycles. The Morgan fingerprint density at radius 1 is 1.10 bits per heavy atom. The van der Waals surface area contributed by atoms with E-state index < -0.39 is 10.0 Å². The fourth-order valence-electron chi connectivity index (χ4n) is 4.89. The van der Waals surface area contributed by atoms with Gasteiger partial charge in [-0.1, -0.05) is 18.2 Å². The molecule has 11 heteroatoms. The minimum absolute atomic E-state index is 0.0469. The van der Waals surface area contributed by atoms with Crippen molar-refractivity contribution in [3.05, 3.63) is 91.0 Å². The molecule has 0 bridgehead atoms. The van der Waals surface area contributed by atoms with Crippen LogP contribution in [0.5, 0.6) is 0 Å². The second kappa shape index (κ2) is 11.6. The van der Waals surface area contributed by atoms with E-state index in [0.717, 1.165) is 55.2 Å². The van der Waals surface area contributed by atoms with Crippen molar-refractivity contribution in [3.8, 4) is 11.1 Å². The zero-order valence-electron chi connectivity index (χ0n) is 24.2. The van der Waals surface area contributed by atoms with E-state index in [-0.39, 0.29) is 33.5 Å². The number of aromatic nitrogens is 2. The number of ether oxygens (including phenoxy) is 1. The van der Waals surface area contributed by atoms with Crippen LogP contribution in [0.3, 0.4) is 0 Å². The molecule has 4 rings (SSSR count). The molecule has 3 N–H and O–H groups in total. The smallest absolute Gasteiger partial charge is 0.294 e. The van der Waals surface area contributed by atoms with Crippen molar-refractivity contribution in [2.45, 2.75) is 58.9 Å². The number of amidine groups is 1. The molecule has 0 spiro atoms. The van der Waals surface area contributed by atoms with E-state index >= 15 is 0 Å². The average Bonchev–Trinajstić information content (AvgIpc) is 3.27. The molecule has 41 heavy (non-hydrogen) atoms. The standard InChI is InChI=1S/C30H34N4O5S2/c1-16-10-27(36)34(26-11-17(2)32-20(5)28(16)26)14-22-8-9-24(23(13-22)15-39-7)25-12-18(3)40-30(25)41(37,38)33-29(31)19(4)21(6)35/h8-13,35H,14-15H2,1-7H3,(H2,31,33)/b21-19-. The van der Waals surface area contributed by atoms with Gasteiger partial charge in [0.15, 0.2) is 0 Å². The molecule has 0 aliphatic rings. The van der Waals surface area contributed by atoms with Gasteiger partial charge >= 0.3 is 0 Å². The molecule has 1 aromatic carbocycles. The Kier molecular flexibility index (Phi) is 8.53. The highest BCUT2D eigenvalue weighted by Crippen LogP contribution is 2.38. The quantitative estimate of drug-likeness (QED) is 0.157. The van der Waals surface area contributed by atoms with Crippen LogP contribution in [0.2, 0.25) is 0 Å². The van der Waals surface area contributed by atoms with Crippen molar-refractivity contribution in [1.29, 1.82) is 0 Å². The van der Waals surface area contributed by atoms with Gasteiger partial charge in [0.1, 0.15) is 10.0 Å². The van der Waals surface area contributed by atoms with Gasteiger partial charge in [0, 0.05) is 46.0 Å². The Bertz CT molecular complexity index is 1900. The van der Waals surface area contributed by atoms with Gasteiger partial charge in [0.25, 0.3) is 15.6 Å². The van der Waals surface area contributed by atoms with E-state index in [2.05, 4.69) is 9.38 Å². The maximum absolute atomic E-state index is 13.4. The van der Waals surface area contributed by atoms with E-state index in [1.54, 1.807) is 23.8 Å². The van der Waals surface area contributed by atoms with Gasteiger partial charge in [-0.15, -0.1) is 15.7 Å². The number of hydrogen-bond donors (Lipinski definition) is 2. The molecule has 0 atom stereocenters. The van der Waals surface area contributed by atoms with Gasteiger partial charge in [0.05, 0.1) is 24.4 Å². The number of aliphatic hydroxyl groups is 1. The fourth-order valence-corrected chi connectivity index (χ4v) is 7.49. The number of aryl methyl sites for hydroxylation is 4. The van der Waals surface area contributed by atoms with Crippen molar-refractivity contribution in [2.75, 3.05) is 7.11 Å². The number of nitrogens with zero attached hydrogens (tertiary/aromatic N) is 3. The van der Waals surface area contributed by atoms with Crippen LogP contribution >= 0.6 is 11.3 Å². The maximum Gasteiger partial charge on any atom is 0.294 e. The summed E-state index contributed by atoms with van der Waals surface area (Å²) in [6.07, 6.45) is 0. The fraction of sp³-hybridized carbons (Fsp3) is 0.300. The van der Waals surface area contributed by atoms with E-state index in [0.29, 0.717) is 17.7 Å². The van der Waals surface area contributed by atoms with Crippen LogP contribution in [-0.2, 0) is 27.9 Å². The Labute approximate surface area is 243 Å². The number of fused-ring (bicyclic) bond motifs is 1. The Balaban J connectivity index is 1.84. The third kappa shape index (κ3) is 6.12. The van der Waals surface area contributed by atoms with E-state index in [1.165, 1.54) is 13.8 Å². The van der Waals surface area contributed by atoms with Crippen LogP contribution < -0.4 is 11.3 Å². The van der Waals surface area contributed by atoms with Crippen LogP contribution in [-0.4, -0.2) is 36.0 Å². The minimum Gasteiger partial charge on any atom is -0.512 e. The summed E-state index contributed by atoms with van der Waals surface area (Å²) in [5, 5.41) is 10.7. The first-order valence-electron chi connectivity index (χ1n) is 12.9. The molecular formula is C30H34N4O5S2. The number of aliphatic hydroxyl groups excluding tert-OH is 1. The first-order chi connectivity index (χ1) is 19.2. The first kappa shape index (κ1) is 30.2. The summed E-state index contributed by atoms with van der Waals surface area (Å²) in [6, 6.07) is 11.0. The van der Waals surface area contributed by atoms with Crippen molar-refractivity contribution in [1.82, 2.24) is 9.55 Å². The Morgan fingerprint density at radius 2 is 1.80 bits per heavy atom. The largest absolute Gasteiger partial charge is 0.512 e. The molecule has 9 nitrogen and oxygen atoms in total. The molecule has 0 saturated carbocycles. The van der Waals surface area contributed by atoms with Crippen LogP contribution in [0.4, 0.5) is 0 Å². The zero-order valence-corrected chi connectivity index (χ0v) is 25.8. The molecule has 216 valence electrons. The number of thiophene rings is 1. The van der Waals surface area contributed by atoms with E-state index in [1.807, 2.05) is 52.0 Å². The lowest BCUT2D eigenvalue weighted by Crippen LogP contribution is -2.21. The second-order valence-corrected chi connectivity index (χ2v) is 13.2. The van der Waals surface area contributed by atoms with E-state index in [9.17, 15) is 18.3 Å². The highest BCUT2D eigenvalue weighted by molar-refractivity contribution is 7.92. The molecule has 0 fully saturated rings. The first-order valence-corrected chi connectivity index (χ1v) is 15.2. The molecule has 0 unspecified atom stereocenters. The number of pyridine rings is 2. The third-order valence-electron chi connectivity index (χ3n) is 6.90. The summed E-state index contributed by atoms with van der Waals surface area (Å²) in [6.45, 7) is 11.0. The topological polar surface area (TPSA) is 137 Å². The monoisotopic (exact) mass is 594 g/mol. The Hall–Kier alpha value is -3.80. The van der Waals surface area contributed by atoms with Gasteiger partial charge in [-0.05, 0) is 75.9 Å². The molecule has 0 amide bonds. The number of sulfonamides is 1. The van der Waals surface area contributed by atoms with Gasteiger partial charge in [-0.3, -0.25) is 9.78 Å². The number of allylic oxidation sites excluding steroid dienone is 1. The van der Waals surface area contributed by atoms with Crippen molar-refractivity contribution < 1.29 is 18.3 Å². The molecule has 4 aromatic rings. The molecule has 0 aliphatic heterocycles. The summed E-state index contributed by atoms with van der Waals surface area (Å²) in [7, 11) is -2.61. The lowest BCUT2D eigenvalue weighted by molar-refractivity contribution is 0.185. The van der Waals surface area contributed by atoms with Crippen molar-refractivity contribution >= 4 is 38.1 Å². The number of rotatable bonds is 8. The molecule has 3 aromatic heterocycles. The molecule has 3 heterocycles. The number of hydrogen-bond acceptors (Lipinski definition) is 7. The number of methoxy groups -OCH3 is 1. The summed E-state index contributed by atoms with van der Waals surface area (Å²) in [4.78, 5) is 18.5. The van der Waals surface area contributed by atoms with Crippen LogP contribution in [0.25, 0.3) is 22.0 Å². The van der Waals surface area contributed by atoms with Crippen molar-refractivity contribution in [2.24, 2.45) is 10.1 Å². The SMILES string of the molecule is COCc1cc(Cn2c(=O)cc(C)c3c(C)nc(C)cc32)ccc1-c1cc(C)sc1S(=O)(=O)/N=C(N)/C(C)=C(/C)O. The van der Waals surface area contributed by atoms with Gasteiger partial charge in [-0.2, -0.15) is 8.42 Å². The zero-order chi connectivity index (χ0) is 30.2. The van der Waals surface area contributed by atoms with Gasteiger partial charge in [0.2, 0.25) is 0 Å². The Morgan fingerprint density at radius 3 is 2.46 bits per heavy atom. The number of benzene rings is 1. The van der Waals surface area contributed by atoms with Crippen LogP contribution in [0, 0.1) is 27.7 Å². The number of nitrogens with two attached hydrogens (primary N) is 1. The highest BCUT2D eigenvalue weighted by Gasteiger charge is 2.25. The predicted molar refractivity (Wildman–Crippen MR) is 164 cm³/mol. The molecule has 0 radical (unpaired) electrons. The van der Waals surface area contributed by atoms with Gasteiger partial charge in [-0.25, -0.2) is 0 Å². The summed E-state index contributed by atoms with van der Waals surface area (Å²) >= 11 is 1.10. The normalized spacial score (nSPS) is 13.1. The van der Waals surface area contributed by atoms with Crippen LogP contribution in [0.1, 0.15) is 46.8 Å². The molecule has 0 aliphatic carbocycles. The second-order valence-electron chi connectivity index (χ2n) is 10.1. The lowest BCUT2D eigenvalue weighted by Gasteiger charge is -2.16. The van der Waals surface area contributed by atoms with Crippen LogP contribution in [0.15, 0.2) is 61.1 Å². The van der Waals surface area contributed by atoms with E-state index in [4.69, 9.17) is 10.5 Å². The third-order valence-corrected chi connectivity index (χ3v) is 9.75. The average molecular weight is 595 g/mol. The predicted octanol–water partition coefficient (Wildman–Crippen LogP) is 5.45.